The lowest BCUT2D eigenvalue weighted by atomic mass is 9.84. The van der Waals surface area contributed by atoms with Gasteiger partial charge >= 0.3 is 5.97 Å². The minimum absolute atomic E-state index is 0.0459. The molecule has 0 aliphatic carbocycles. The van der Waals surface area contributed by atoms with Crippen molar-refractivity contribution < 1.29 is 33.5 Å². The highest BCUT2D eigenvalue weighted by atomic mass is 16.7. The molecule has 3 N–H and O–H groups in total. The number of nitrogens with one attached hydrogen (secondary N) is 2. The van der Waals surface area contributed by atoms with Gasteiger partial charge in [-0.05, 0) is 56.0 Å². The van der Waals surface area contributed by atoms with Crippen LogP contribution >= 0.6 is 0 Å². The number of rotatable bonds is 18. The summed E-state index contributed by atoms with van der Waals surface area (Å²) in [6, 6.07) is 19.1. The third-order valence-corrected chi connectivity index (χ3v) is 7.74. The predicted molar refractivity (Wildman–Crippen MR) is 166 cm³/mol. The molecule has 3 aromatic rings. The van der Waals surface area contributed by atoms with E-state index in [0.717, 1.165) is 24.8 Å². The van der Waals surface area contributed by atoms with Gasteiger partial charge in [-0.25, -0.2) is 5.06 Å². The van der Waals surface area contributed by atoms with Crippen LogP contribution in [0.4, 0.5) is 0 Å². The fourth-order valence-corrected chi connectivity index (χ4v) is 4.91. The normalized spacial score (nSPS) is 12.6. The highest BCUT2D eigenvalue weighted by Gasteiger charge is 2.32. The Balaban J connectivity index is 1.63. The van der Waals surface area contributed by atoms with Crippen molar-refractivity contribution in [3.8, 4) is 11.3 Å². The molecule has 3 amide bonds. The van der Waals surface area contributed by atoms with E-state index < -0.39 is 29.3 Å². The maximum Gasteiger partial charge on any atom is 0.313 e. The topological polar surface area (TPSA) is 138 Å². The first kappa shape index (κ1) is 34.1. The number of carboxylic acids is 1. The summed E-state index contributed by atoms with van der Waals surface area (Å²) in [4.78, 5) is 55.7. The minimum Gasteiger partial charge on any atom is -0.481 e. The summed E-state index contributed by atoms with van der Waals surface area (Å²) in [5.41, 5.74) is 1.05. The van der Waals surface area contributed by atoms with Crippen LogP contribution < -0.4 is 10.6 Å². The number of furan rings is 1. The largest absolute Gasteiger partial charge is 0.481 e. The summed E-state index contributed by atoms with van der Waals surface area (Å²) in [5, 5.41) is 16.2. The number of nitrogens with zero attached hydrogens (tertiary/aromatic N) is 1. The van der Waals surface area contributed by atoms with E-state index in [9.17, 15) is 24.3 Å². The number of unbranched alkanes of at least 4 members (excludes halogenated alkanes) is 2. The van der Waals surface area contributed by atoms with E-state index in [2.05, 4.69) is 17.6 Å². The standard InChI is InChI=1S/C34H43N3O7/c1-5-7-9-17-27(28(6-2)37(23-38)43-21-24-13-10-8-11-14-24)31(39)35-22-36-32(40)30-19-18-29(44-30)25-15-12-16-26(20-25)34(3,4)33(41)42/h8,10-16,18-20,23,27-28H,5-7,9,17,21-22H2,1-4H3,(H,35,39)(H,36,40)(H,41,42)/t27?,28-/m1/s1. The van der Waals surface area contributed by atoms with Crippen LogP contribution in [-0.2, 0) is 31.2 Å². The number of carboxylic acid groups (broad SMARTS) is 1. The van der Waals surface area contributed by atoms with E-state index >= 15 is 0 Å². The third-order valence-electron chi connectivity index (χ3n) is 7.74. The van der Waals surface area contributed by atoms with Crippen molar-refractivity contribution in [1.29, 1.82) is 0 Å². The molecule has 44 heavy (non-hydrogen) atoms. The molecular formula is C34H43N3O7. The number of amides is 3. The Morgan fingerprint density at radius 2 is 1.75 bits per heavy atom. The lowest BCUT2D eigenvalue weighted by Gasteiger charge is -2.32. The van der Waals surface area contributed by atoms with Gasteiger partial charge in [0.15, 0.2) is 5.76 Å². The van der Waals surface area contributed by atoms with E-state index in [4.69, 9.17) is 9.25 Å². The van der Waals surface area contributed by atoms with Gasteiger partial charge in [-0.3, -0.25) is 24.0 Å². The molecule has 2 atom stereocenters. The molecule has 0 radical (unpaired) electrons. The van der Waals surface area contributed by atoms with Crippen molar-refractivity contribution >= 4 is 24.2 Å². The molecular weight excluding hydrogens is 562 g/mol. The van der Waals surface area contributed by atoms with Gasteiger partial charge in [0.1, 0.15) is 12.4 Å². The Morgan fingerprint density at radius 3 is 2.41 bits per heavy atom. The molecule has 1 aromatic heterocycles. The molecule has 10 heteroatoms. The van der Waals surface area contributed by atoms with Gasteiger partial charge < -0.3 is 20.2 Å². The summed E-state index contributed by atoms with van der Waals surface area (Å²) >= 11 is 0. The molecule has 3 rings (SSSR count). The molecule has 1 unspecified atom stereocenters. The average Bonchev–Trinajstić information content (AvgIpc) is 3.53. The monoisotopic (exact) mass is 605 g/mol. The van der Waals surface area contributed by atoms with Gasteiger partial charge in [-0.2, -0.15) is 0 Å². The van der Waals surface area contributed by atoms with Crippen molar-refractivity contribution in [3.63, 3.8) is 0 Å². The van der Waals surface area contributed by atoms with Gasteiger partial charge in [0.05, 0.1) is 24.0 Å². The second-order valence-electron chi connectivity index (χ2n) is 11.2. The quantitative estimate of drug-likeness (QED) is 0.0734. The number of carbonyl (C=O) groups excluding carboxylic acids is 3. The summed E-state index contributed by atoms with van der Waals surface area (Å²) in [7, 11) is 0. The lowest BCUT2D eigenvalue weighted by Crippen LogP contribution is -2.48. The molecule has 0 spiro atoms. The smallest absolute Gasteiger partial charge is 0.313 e. The number of hydrogen-bond acceptors (Lipinski definition) is 6. The van der Waals surface area contributed by atoms with Crippen molar-refractivity contribution in [1.82, 2.24) is 15.7 Å². The zero-order valence-electron chi connectivity index (χ0n) is 25.9. The highest BCUT2D eigenvalue weighted by Crippen LogP contribution is 2.29. The fraction of sp³-hybridized carbons (Fsp3) is 0.412. The molecule has 0 fully saturated rings. The van der Waals surface area contributed by atoms with E-state index in [1.54, 1.807) is 44.2 Å². The Bertz CT molecular complexity index is 1390. The number of aliphatic carboxylic acids is 1. The van der Waals surface area contributed by atoms with Crippen LogP contribution in [0.3, 0.4) is 0 Å². The van der Waals surface area contributed by atoms with Gasteiger partial charge in [-0.15, -0.1) is 0 Å². The van der Waals surface area contributed by atoms with Crippen LogP contribution in [0.15, 0.2) is 71.1 Å². The van der Waals surface area contributed by atoms with Crippen molar-refractivity contribution in [3.05, 3.63) is 83.6 Å². The number of carbonyl (C=O) groups is 4. The Labute approximate surface area is 258 Å². The van der Waals surface area contributed by atoms with Gasteiger partial charge in [-0.1, -0.05) is 81.6 Å². The van der Waals surface area contributed by atoms with E-state index in [-0.39, 0.29) is 24.9 Å². The summed E-state index contributed by atoms with van der Waals surface area (Å²) in [5.74, 6) is -1.84. The zero-order valence-corrected chi connectivity index (χ0v) is 25.9. The fourth-order valence-electron chi connectivity index (χ4n) is 4.91. The first-order valence-corrected chi connectivity index (χ1v) is 15.0. The Morgan fingerprint density at radius 1 is 1.00 bits per heavy atom. The second-order valence-corrected chi connectivity index (χ2v) is 11.2. The first-order valence-electron chi connectivity index (χ1n) is 15.0. The van der Waals surface area contributed by atoms with Crippen molar-refractivity contribution in [2.45, 2.75) is 77.9 Å². The molecule has 0 aliphatic heterocycles. The maximum absolute atomic E-state index is 13.4. The van der Waals surface area contributed by atoms with Crippen LogP contribution in [0.2, 0.25) is 0 Å². The van der Waals surface area contributed by atoms with Gasteiger partial charge in [0.2, 0.25) is 12.3 Å². The molecule has 0 saturated carbocycles. The summed E-state index contributed by atoms with van der Waals surface area (Å²) < 4.78 is 5.76. The van der Waals surface area contributed by atoms with Crippen molar-refractivity contribution in [2.75, 3.05) is 6.67 Å². The molecule has 2 aromatic carbocycles. The first-order chi connectivity index (χ1) is 21.1. The average molecular weight is 606 g/mol. The van der Waals surface area contributed by atoms with Crippen LogP contribution in [0.25, 0.3) is 11.3 Å². The molecule has 1 heterocycles. The number of hydroxylamine groups is 2. The maximum atomic E-state index is 13.4. The molecule has 0 saturated heterocycles. The van der Waals surface area contributed by atoms with Crippen LogP contribution in [0.1, 0.15) is 81.5 Å². The van der Waals surface area contributed by atoms with E-state index in [1.807, 2.05) is 37.3 Å². The third kappa shape index (κ3) is 9.03. The second kappa shape index (κ2) is 16.4. The molecule has 0 aliphatic rings. The van der Waals surface area contributed by atoms with Gasteiger partial charge in [0, 0.05) is 5.56 Å². The van der Waals surface area contributed by atoms with Crippen LogP contribution in [0, 0.1) is 5.92 Å². The molecule has 236 valence electrons. The highest BCUT2D eigenvalue weighted by molar-refractivity contribution is 5.92. The molecule has 0 bridgehead atoms. The minimum atomic E-state index is -1.09. The Kier molecular flexibility index (Phi) is 12.7. The van der Waals surface area contributed by atoms with Crippen molar-refractivity contribution in [2.24, 2.45) is 5.92 Å². The van der Waals surface area contributed by atoms with Gasteiger partial charge in [0.25, 0.3) is 5.91 Å². The zero-order chi connectivity index (χ0) is 32.1. The summed E-state index contributed by atoms with van der Waals surface area (Å²) in [6.45, 7) is 7.28. The van der Waals surface area contributed by atoms with Crippen LogP contribution in [0.5, 0.6) is 0 Å². The number of hydrogen-bond donors (Lipinski definition) is 3. The predicted octanol–water partition coefficient (Wildman–Crippen LogP) is 5.68. The Hall–Kier alpha value is -4.44. The molecule has 10 nitrogen and oxygen atoms in total. The lowest BCUT2D eigenvalue weighted by molar-refractivity contribution is -0.200. The summed E-state index contributed by atoms with van der Waals surface area (Å²) in [6.07, 6.45) is 4.42. The number of benzene rings is 2. The van der Waals surface area contributed by atoms with Crippen LogP contribution in [-0.4, -0.2) is 47.1 Å². The SMILES string of the molecule is CCCCCC(C(=O)NCNC(=O)c1ccc(-c2cccc(C(C)(C)C(=O)O)c2)o1)[C@@H](CC)N(C=O)OCc1ccccc1. The van der Waals surface area contributed by atoms with E-state index in [0.29, 0.717) is 36.1 Å². The van der Waals surface area contributed by atoms with E-state index in [1.165, 1.54) is 11.1 Å².